The van der Waals surface area contributed by atoms with E-state index in [9.17, 15) is 19.3 Å². The van der Waals surface area contributed by atoms with E-state index < -0.39 is 22.4 Å². The Hall–Kier alpha value is -2.96. The van der Waals surface area contributed by atoms with Crippen LogP contribution in [0.4, 0.5) is 15.8 Å². The smallest absolute Gasteiger partial charge is 0.335 e. The maximum absolute atomic E-state index is 13.4. The molecule has 21 heavy (non-hydrogen) atoms. The SMILES string of the molecule is O=C(O)c1ccc(CNc2cccc(F)c2[N+](=O)[O-])cc1. The molecule has 2 aromatic rings. The van der Waals surface area contributed by atoms with Crippen LogP contribution in [0.3, 0.4) is 0 Å². The molecular formula is C14H11FN2O4. The van der Waals surface area contributed by atoms with E-state index in [1.165, 1.54) is 24.3 Å². The number of rotatable bonds is 5. The van der Waals surface area contributed by atoms with Crippen LogP contribution < -0.4 is 5.32 Å². The van der Waals surface area contributed by atoms with Crippen molar-refractivity contribution in [2.24, 2.45) is 0 Å². The Morgan fingerprint density at radius 1 is 1.24 bits per heavy atom. The van der Waals surface area contributed by atoms with Gasteiger partial charge in [-0.05, 0) is 29.8 Å². The van der Waals surface area contributed by atoms with Gasteiger partial charge in [-0.25, -0.2) is 4.79 Å². The Morgan fingerprint density at radius 3 is 2.48 bits per heavy atom. The highest BCUT2D eigenvalue weighted by Crippen LogP contribution is 2.27. The fourth-order valence-electron chi connectivity index (χ4n) is 1.81. The molecule has 0 radical (unpaired) electrons. The van der Waals surface area contributed by atoms with Crippen LogP contribution >= 0.6 is 0 Å². The zero-order chi connectivity index (χ0) is 15.4. The van der Waals surface area contributed by atoms with Crippen LogP contribution in [0.5, 0.6) is 0 Å². The zero-order valence-corrected chi connectivity index (χ0v) is 10.7. The van der Waals surface area contributed by atoms with Gasteiger partial charge >= 0.3 is 11.7 Å². The Kier molecular flexibility index (Phi) is 4.13. The van der Waals surface area contributed by atoms with Gasteiger partial charge in [0.15, 0.2) is 0 Å². The van der Waals surface area contributed by atoms with Crippen LogP contribution in [0, 0.1) is 15.9 Å². The van der Waals surface area contributed by atoms with Gasteiger partial charge in [-0.15, -0.1) is 0 Å². The molecule has 0 saturated heterocycles. The average molecular weight is 290 g/mol. The molecule has 0 spiro atoms. The molecule has 7 heteroatoms. The minimum atomic E-state index is -1.03. The van der Waals surface area contributed by atoms with Crippen molar-refractivity contribution < 1.29 is 19.2 Å². The number of carbonyl (C=O) groups is 1. The van der Waals surface area contributed by atoms with E-state index in [0.717, 1.165) is 11.6 Å². The molecule has 2 aromatic carbocycles. The number of carboxylic acid groups (broad SMARTS) is 1. The predicted molar refractivity (Wildman–Crippen MR) is 73.8 cm³/mol. The number of hydrogen-bond acceptors (Lipinski definition) is 4. The van der Waals surface area contributed by atoms with E-state index in [1.54, 1.807) is 12.1 Å². The van der Waals surface area contributed by atoms with Gasteiger partial charge in [0, 0.05) is 6.54 Å². The summed E-state index contributed by atoms with van der Waals surface area (Å²) in [7, 11) is 0. The highest BCUT2D eigenvalue weighted by atomic mass is 19.1. The van der Waals surface area contributed by atoms with Crippen molar-refractivity contribution >= 4 is 17.3 Å². The molecule has 0 fully saturated rings. The van der Waals surface area contributed by atoms with Gasteiger partial charge in [-0.3, -0.25) is 10.1 Å². The molecule has 0 atom stereocenters. The van der Waals surface area contributed by atoms with Gasteiger partial charge in [0.25, 0.3) is 0 Å². The monoisotopic (exact) mass is 290 g/mol. The molecule has 2 rings (SSSR count). The third kappa shape index (κ3) is 3.33. The van der Waals surface area contributed by atoms with Crippen LogP contribution in [0.1, 0.15) is 15.9 Å². The number of nitrogens with one attached hydrogen (secondary N) is 1. The van der Waals surface area contributed by atoms with E-state index in [-0.39, 0.29) is 17.8 Å². The van der Waals surface area contributed by atoms with Gasteiger partial charge < -0.3 is 10.4 Å². The molecule has 0 amide bonds. The van der Waals surface area contributed by atoms with E-state index in [1.807, 2.05) is 0 Å². The number of nitrogens with zero attached hydrogens (tertiary/aromatic N) is 1. The molecule has 0 heterocycles. The first-order valence-electron chi connectivity index (χ1n) is 5.98. The summed E-state index contributed by atoms with van der Waals surface area (Å²) in [6.07, 6.45) is 0. The van der Waals surface area contributed by atoms with Crippen LogP contribution in [-0.2, 0) is 6.54 Å². The van der Waals surface area contributed by atoms with E-state index >= 15 is 0 Å². The summed E-state index contributed by atoms with van der Waals surface area (Å²) in [6.45, 7) is 0.212. The van der Waals surface area contributed by atoms with Crippen LogP contribution in [0.25, 0.3) is 0 Å². The number of anilines is 1. The minimum Gasteiger partial charge on any atom is -0.478 e. The number of hydrogen-bond donors (Lipinski definition) is 2. The van der Waals surface area contributed by atoms with Crippen molar-refractivity contribution in [2.45, 2.75) is 6.54 Å². The van der Waals surface area contributed by atoms with Crippen molar-refractivity contribution in [3.63, 3.8) is 0 Å². The van der Waals surface area contributed by atoms with Gasteiger partial charge in [-0.1, -0.05) is 18.2 Å². The lowest BCUT2D eigenvalue weighted by molar-refractivity contribution is -0.386. The topological polar surface area (TPSA) is 92.5 Å². The number of benzene rings is 2. The van der Waals surface area contributed by atoms with Crippen molar-refractivity contribution in [2.75, 3.05) is 5.32 Å². The predicted octanol–water partition coefficient (Wildman–Crippen LogP) is 3.04. The lowest BCUT2D eigenvalue weighted by Gasteiger charge is -2.07. The summed E-state index contributed by atoms with van der Waals surface area (Å²) in [5.74, 6) is -1.94. The molecule has 2 N–H and O–H groups in total. The molecule has 6 nitrogen and oxygen atoms in total. The quantitative estimate of drug-likeness (QED) is 0.652. The lowest BCUT2D eigenvalue weighted by atomic mass is 10.1. The van der Waals surface area contributed by atoms with Crippen molar-refractivity contribution in [1.82, 2.24) is 0 Å². The highest BCUT2D eigenvalue weighted by molar-refractivity contribution is 5.87. The molecular weight excluding hydrogens is 279 g/mol. The Labute approximate surface area is 119 Å². The second-order valence-corrected chi connectivity index (χ2v) is 4.25. The minimum absolute atomic E-state index is 0.0716. The molecule has 0 aromatic heterocycles. The number of nitro groups is 1. The normalized spacial score (nSPS) is 10.1. The first-order chi connectivity index (χ1) is 9.99. The average Bonchev–Trinajstić information content (AvgIpc) is 2.45. The molecule has 0 saturated carbocycles. The van der Waals surface area contributed by atoms with Crippen molar-refractivity contribution in [3.05, 3.63) is 69.5 Å². The summed E-state index contributed by atoms with van der Waals surface area (Å²) in [4.78, 5) is 20.8. The van der Waals surface area contributed by atoms with Crippen LogP contribution in [0.15, 0.2) is 42.5 Å². The highest BCUT2D eigenvalue weighted by Gasteiger charge is 2.19. The van der Waals surface area contributed by atoms with Gasteiger partial charge in [0.05, 0.1) is 10.5 Å². The van der Waals surface area contributed by atoms with Gasteiger partial charge in [-0.2, -0.15) is 4.39 Å². The Balaban J connectivity index is 2.15. The summed E-state index contributed by atoms with van der Waals surface area (Å²) in [5.41, 5.74) is 0.330. The van der Waals surface area contributed by atoms with E-state index in [0.29, 0.717) is 0 Å². The van der Waals surface area contributed by atoms with Gasteiger partial charge in [0.2, 0.25) is 5.82 Å². The number of carboxylic acids is 1. The maximum atomic E-state index is 13.4. The van der Waals surface area contributed by atoms with E-state index in [4.69, 9.17) is 5.11 Å². The third-order valence-electron chi connectivity index (χ3n) is 2.85. The van der Waals surface area contributed by atoms with Crippen LogP contribution in [0.2, 0.25) is 0 Å². The maximum Gasteiger partial charge on any atom is 0.335 e. The Morgan fingerprint density at radius 2 is 1.90 bits per heavy atom. The Bertz CT molecular complexity index is 686. The first kappa shape index (κ1) is 14.4. The fraction of sp³-hybridized carbons (Fsp3) is 0.0714. The second kappa shape index (κ2) is 6.00. The summed E-state index contributed by atoms with van der Waals surface area (Å²) >= 11 is 0. The zero-order valence-electron chi connectivity index (χ0n) is 10.7. The summed E-state index contributed by atoms with van der Waals surface area (Å²) in [6, 6.07) is 9.83. The molecule has 0 aliphatic rings. The molecule has 0 bridgehead atoms. The van der Waals surface area contributed by atoms with Crippen molar-refractivity contribution in [3.8, 4) is 0 Å². The number of para-hydroxylation sites is 1. The summed E-state index contributed by atoms with van der Waals surface area (Å²) < 4.78 is 13.4. The molecule has 0 aliphatic heterocycles. The van der Waals surface area contributed by atoms with Crippen molar-refractivity contribution in [1.29, 1.82) is 0 Å². The largest absolute Gasteiger partial charge is 0.478 e. The number of nitro benzene ring substituents is 1. The number of aromatic carboxylic acids is 1. The summed E-state index contributed by atoms with van der Waals surface area (Å²) in [5, 5.41) is 22.4. The van der Waals surface area contributed by atoms with Gasteiger partial charge in [0.1, 0.15) is 5.69 Å². The molecule has 108 valence electrons. The first-order valence-corrected chi connectivity index (χ1v) is 5.98. The van der Waals surface area contributed by atoms with Crippen LogP contribution in [-0.4, -0.2) is 16.0 Å². The lowest BCUT2D eigenvalue weighted by Crippen LogP contribution is -2.04. The number of halogens is 1. The molecule has 0 aliphatic carbocycles. The fourth-order valence-corrected chi connectivity index (χ4v) is 1.81. The third-order valence-corrected chi connectivity index (χ3v) is 2.85. The molecule has 0 unspecified atom stereocenters. The van der Waals surface area contributed by atoms with E-state index in [2.05, 4.69) is 5.32 Å². The second-order valence-electron chi connectivity index (χ2n) is 4.25. The standard InChI is InChI=1S/C14H11FN2O4/c15-11-2-1-3-12(13(11)17(20)21)16-8-9-4-6-10(7-5-9)14(18)19/h1-7,16H,8H2,(H,18,19).